The molecule has 0 aromatic heterocycles. The van der Waals surface area contributed by atoms with Crippen LogP contribution in [-0.2, 0) is 16.1 Å². The molecule has 0 unspecified atom stereocenters. The monoisotopic (exact) mass is 330 g/mol. The molecule has 0 saturated carbocycles. The van der Waals surface area contributed by atoms with Crippen molar-refractivity contribution in [3.05, 3.63) is 70.3 Å². The standard InChI is InChI=1S/C16H14N2O6/c19-15(24-14-8-6-13(7-9-14)18(21)22)10-17-16(20)23-11-12-4-2-1-3-5-12/h1-9H,10-11H2,(H,17,20). The molecule has 0 aliphatic heterocycles. The summed E-state index contributed by atoms with van der Waals surface area (Å²) < 4.78 is 9.87. The first kappa shape index (κ1) is 16.9. The second-order valence-corrected chi connectivity index (χ2v) is 4.64. The summed E-state index contributed by atoms with van der Waals surface area (Å²) in [7, 11) is 0. The maximum absolute atomic E-state index is 11.6. The molecule has 2 aromatic rings. The van der Waals surface area contributed by atoms with Crippen molar-refractivity contribution in [1.82, 2.24) is 5.32 Å². The number of nitrogens with one attached hydrogen (secondary N) is 1. The Morgan fingerprint density at radius 1 is 1.04 bits per heavy atom. The molecule has 24 heavy (non-hydrogen) atoms. The summed E-state index contributed by atoms with van der Waals surface area (Å²) in [5.74, 6) is -0.578. The van der Waals surface area contributed by atoms with Crippen molar-refractivity contribution < 1.29 is 24.0 Å². The molecule has 1 N–H and O–H groups in total. The van der Waals surface area contributed by atoms with E-state index in [9.17, 15) is 19.7 Å². The number of nitro benzene ring substituents is 1. The number of ether oxygens (including phenoxy) is 2. The van der Waals surface area contributed by atoms with Gasteiger partial charge in [-0.25, -0.2) is 9.59 Å². The maximum atomic E-state index is 11.6. The molecule has 1 amide bonds. The van der Waals surface area contributed by atoms with Gasteiger partial charge in [0.15, 0.2) is 0 Å². The first-order valence-electron chi connectivity index (χ1n) is 6.94. The number of nitro groups is 1. The molecule has 0 fully saturated rings. The van der Waals surface area contributed by atoms with Crippen molar-refractivity contribution in [3.8, 4) is 5.75 Å². The molecule has 0 atom stereocenters. The number of carbonyl (C=O) groups excluding carboxylic acids is 2. The number of nitrogens with zero attached hydrogens (tertiary/aromatic N) is 1. The lowest BCUT2D eigenvalue weighted by Crippen LogP contribution is -2.32. The molecule has 2 rings (SSSR count). The Labute approximate surface area is 137 Å². The number of alkyl carbamates (subject to hydrolysis) is 1. The van der Waals surface area contributed by atoms with Crippen LogP contribution in [0, 0.1) is 10.1 Å². The van der Waals surface area contributed by atoms with Crippen molar-refractivity contribution in [2.75, 3.05) is 6.54 Å². The van der Waals surface area contributed by atoms with E-state index in [0.717, 1.165) is 5.56 Å². The number of carbonyl (C=O) groups is 2. The summed E-state index contributed by atoms with van der Waals surface area (Å²) in [5, 5.41) is 12.8. The summed E-state index contributed by atoms with van der Waals surface area (Å²) in [6, 6.07) is 14.1. The van der Waals surface area contributed by atoms with E-state index in [1.54, 1.807) is 12.1 Å². The number of esters is 1. The number of benzene rings is 2. The average molecular weight is 330 g/mol. The topological polar surface area (TPSA) is 108 Å². The van der Waals surface area contributed by atoms with E-state index in [4.69, 9.17) is 9.47 Å². The highest BCUT2D eigenvalue weighted by molar-refractivity contribution is 5.79. The Kier molecular flexibility index (Phi) is 5.84. The lowest BCUT2D eigenvalue weighted by Gasteiger charge is -2.07. The van der Waals surface area contributed by atoms with E-state index in [1.165, 1.54) is 24.3 Å². The molecule has 0 heterocycles. The average Bonchev–Trinajstić information content (AvgIpc) is 2.59. The Bertz CT molecular complexity index is 715. The summed E-state index contributed by atoms with van der Waals surface area (Å²) in [5.41, 5.74) is 0.707. The van der Waals surface area contributed by atoms with Gasteiger partial charge in [-0.2, -0.15) is 0 Å². The molecular formula is C16H14N2O6. The Balaban J connectivity index is 1.72. The van der Waals surface area contributed by atoms with Crippen LogP contribution in [0.5, 0.6) is 5.75 Å². The van der Waals surface area contributed by atoms with Crippen LogP contribution in [-0.4, -0.2) is 23.5 Å². The Morgan fingerprint density at radius 3 is 2.33 bits per heavy atom. The van der Waals surface area contributed by atoms with Gasteiger partial charge in [0, 0.05) is 12.1 Å². The van der Waals surface area contributed by atoms with Gasteiger partial charge in [0.2, 0.25) is 0 Å². The number of rotatable bonds is 6. The highest BCUT2D eigenvalue weighted by atomic mass is 16.6. The third-order valence-corrected chi connectivity index (χ3v) is 2.87. The molecule has 0 aliphatic rings. The van der Waals surface area contributed by atoms with Crippen LogP contribution in [0.4, 0.5) is 10.5 Å². The lowest BCUT2D eigenvalue weighted by atomic mass is 10.2. The minimum absolute atomic E-state index is 0.0874. The molecule has 124 valence electrons. The van der Waals surface area contributed by atoms with Gasteiger partial charge in [-0.3, -0.25) is 10.1 Å². The smallest absolute Gasteiger partial charge is 0.407 e. The molecule has 0 aliphatic carbocycles. The quantitative estimate of drug-likeness (QED) is 0.377. The van der Waals surface area contributed by atoms with Gasteiger partial charge in [0.05, 0.1) is 4.92 Å². The second kappa shape index (κ2) is 8.28. The molecule has 0 radical (unpaired) electrons. The predicted octanol–water partition coefficient (Wildman–Crippen LogP) is 2.43. The SMILES string of the molecule is O=C(CNC(=O)OCc1ccccc1)Oc1ccc([N+](=O)[O-])cc1. The first-order chi connectivity index (χ1) is 11.5. The third-order valence-electron chi connectivity index (χ3n) is 2.87. The molecule has 0 spiro atoms. The summed E-state index contributed by atoms with van der Waals surface area (Å²) in [6.07, 6.45) is -0.750. The van der Waals surface area contributed by atoms with Crippen molar-refractivity contribution in [2.45, 2.75) is 6.61 Å². The molecule has 0 saturated heterocycles. The van der Waals surface area contributed by atoms with E-state index in [-0.39, 0.29) is 24.6 Å². The summed E-state index contributed by atoms with van der Waals surface area (Å²) in [6.45, 7) is -0.297. The number of hydrogen-bond donors (Lipinski definition) is 1. The molecule has 8 heteroatoms. The molecule has 8 nitrogen and oxygen atoms in total. The van der Waals surface area contributed by atoms with E-state index in [1.807, 2.05) is 18.2 Å². The van der Waals surface area contributed by atoms with Crippen molar-refractivity contribution in [3.63, 3.8) is 0 Å². The van der Waals surface area contributed by atoms with Crippen LogP contribution >= 0.6 is 0 Å². The van der Waals surface area contributed by atoms with Gasteiger partial charge in [0.1, 0.15) is 18.9 Å². The van der Waals surface area contributed by atoms with Gasteiger partial charge in [-0.15, -0.1) is 0 Å². The second-order valence-electron chi connectivity index (χ2n) is 4.64. The van der Waals surface area contributed by atoms with Crippen LogP contribution in [0.1, 0.15) is 5.56 Å². The van der Waals surface area contributed by atoms with Crippen LogP contribution in [0.2, 0.25) is 0 Å². The fourth-order valence-electron chi connectivity index (χ4n) is 1.72. The zero-order chi connectivity index (χ0) is 17.4. The number of amides is 1. The highest BCUT2D eigenvalue weighted by Gasteiger charge is 2.10. The van der Waals surface area contributed by atoms with Crippen molar-refractivity contribution in [1.29, 1.82) is 0 Å². The fourth-order valence-corrected chi connectivity index (χ4v) is 1.72. The summed E-state index contributed by atoms with van der Waals surface area (Å²) in [4.78, 5) is 33.0. The van der Waals surface area contributed by atoms with E-state index >= 15 is 0 Å². The number of hydrogen-bond acceptors (Lipinski definition) is 6. The zero-order valence-corrected chi connectivity index (χ0v) is 12.5. The van der Waals surface area contributed by atoms with Gasteiger partial charge < -0.3 is 14.8 Å². The van der Waals surface area contributed by atoms with Gasteiger partial charge in [0.25, 0.3) is 5.69 Å². The summed E-state index contributed by atoms with van der Waals surface area (Å²) >= 11 is 0. The van der Waals surface area contributed by atoms with Crippen LogP contribution in [0.3, 0.4) is 0 Å². The first-order valence-corrected chi connectivity index (χ1v) is 6.94. The van der Waals surface area contributed by atoms with Crippen LogP contribution < -0.4 is 10.1 Å². The van der Waals surface area contributed by atoms with E-state index in [0.29, 0.717) is 0 Å². The van der Waals surface area contributed by atoms with Gasteiger partial charge in [-0.1, -0.05) is 30.3 Å². The normalized spacial score (nSPS) is 9.83. The molecule has 2 aromatic carbocycles. The third kappa shape index (κ3) is 5.41. The molecular weight excluding hydrogens is 316 g/mol. The zero-order valence-electron chi connectivity index (χ0n) is 12.5. The van der Waals surface area contributed by atoms with Crippen LogP contribution in [0.15, 0.2) is 54.6 Å². The van der Waals surface area contributed by atoms with Gasteiger partial charge in [-0.05, 0) is 17.7 Å². The molecule has 0 bridgehead atoms. The fraction of sp³-hybridized carbons (Fsp3) is 0.125. The van der Waals surface area contributed by atoms with Crippen LogP contribution in [0.25, 0.3) is 0 Å². The highest BCUT2D eigenvalue weighted by Crippen LogP contribution is 2.17. The maximum Gasteiger partial charge on any atom is 0.407 e. The van der Waals surface area contributed by atoms with Crippen molar-refractivity contribution in [2.24, 2.45) is 0 Å². The van der Waals surface area contributed by atoms with Crippen molar-refractivity contribution >= 4 is 17.7 Å². The minimum Gasteiger partial charge on any atom is -0.445 e. The van der Waals surface area contributed by atoms with Gasteiger partial charge >= 0.3 is 12.1 Å². The lowest BCUT2D eigenvalue weighted by molar-refractivity contribution is -0.384. The largest absolute Gasteiger partial charge is 0.445 e. The van der Waals surface area contributed by atoms with E-state index in [2.05, 4.69) is 5.32 Å². The Hall–Kier alpha value is -3.42. The van der Waals surface area contributed by atoms with E-state index < -0.39 is 17.0 Å². The minimum atomic E-state index is -0.750. The number of non-ortho nitro benzene ring substituents is 1. The Morgan fingerprint density at radius 2 is 1.71 bits per heavy atom. The predicted molar refractivity (Wildman–Crippen MR) is 83.4 cm³/mol.